The lowest BCUT2D eigenvalue weighted by atomic mass is 10.2. The zero-order valence-corrected chi connectivity index (χ0v) is 15.2. The van der Waals surface area contributed by atoms with Crippen molar-refractivity contribution in [2.75, 3.05) is 25.1 Å². The molecule has 0 spiro atoms. The van der Waals surface area contributed by atoms with Crippen LogP contribution in [0.5, 0.6) is 0 Å². The van der Waals surface area contributed by atoms with Crippen LogP contribution < -0.4 is 0 Å². The minimum Gasteiger partial charge on any atom is -0.360 e. The van der Waals surface area contributed by atoms with Gasteiger partial charge in [0.25, 0.3) is 0 Å². The predicted octanol–water partition coefficient (Wildman–Crippen LogP) is 4.24. The molecule has 0 aliphatic rings. The maximum Gasteiger partial charge on any atom is 0.110 e. The van der Waals surface area contributed by atoms with Crippen molar-refractivity contribution in [1.82, 2.24) is 4.31 Å². The molecule has 0 saturated carbocycles. The standard InChI is InChI=1S/C11H27NOS4/c1-7-12(8-2)17(6)15-9-11(4,5)13-10(3)16-14/h10,14,17H,7-9H2,1-6H3. The van der Waals surface area contributed by atoms with Gasteiger partial charge >= 0.3 is 0 Å². The molecule has 0 aromatic rings. The van der Waals surface area contributed by atoms with E-state index < -0.39 is 0 Å². The van der Waals surface area contributed by atoms with Crippen molar-refractivity contribution in [3.8, 4) is 0 Å². The quantitative estimate of drug-likeness (QED) is 0.375. The van der Waals surface area contributed by atoms with Gasteiger partial charge in [0, 0.05) is 18.8 Å². The Balaban J connectivity index is 4.07. The van der Waals surface area contributed by atoms with Crippen molar-refractivity contribution in [3.63, 3.8) is 0 Å². The van der Waals surface area contributed by atoms with E-state index in [1.165, 1.54) is 10.8 Å². The topological polar surface area (TPSA) is 12.5 Å². The molecule has 2 nitrogen and oxygen atoms in total. The fourth-order valence-corrected chi connectivity index (χ4v) is 6.09. The van der Waals surface area contributed by atoms with E-state index in [1.54, 1.807) is 0 Å². The molecule has 2 atom stereocenters. The molecule has 0 amide bonds. The average Bonchev–Trinajstić information content (AvgIpc) is 2.27. The van der Waals surface area contributed by atoms with Crippen LogP contribution in [-0.2, 0) is 4.74 Å². The molecule has 0 rings (SSSR count). The molecule has 0 fully saturated rings. The zero-order chi connectivity index (χ0) is 13.5. The van der Waals surface area contributed by atoms with Crippen molar-refractivity contribution in [2.45, 2.75) is 45.7 Å². The van der Waals surface area contributed by atoms with Gasteiger partial charge in [-0.15, -0.1) is 22.5 Å². The van der Waals surface area contributed by atoms with Gasteiger partial charge in [-0.3, -0.25) is 4.31 Å². The molecule has 6 heteroatoms. The zero-order valence-electron chi connectivity index (χ0n) is 11.8. The Labute approximate surface area is 123 Å². The van der Waals surface area contributed by atoms with Crippen molar-refractivity contribution >= 4 is 43.4 Å². The number of hydrogen-bond donors (Lipinski definition) is 2. The second-order valence-corrected chi connectivity index (χ2v) is 10.3. The van der Waals surface area contributed by atoms with Crippen LogP contribution in [0.15, 0.2) is 0 Å². The third-order valence-electron chi connectivity index (χ3n) is 2.36. The summed E-state index contributed by atoms with van der Waals surface area (Å²) in [6, 6.07) is 0. The number of nitrogens with zero attached hydrogens (tertiary/aromatic N) is 1. The van der Waals surface area contributed by atoms with E-state index >= 15 is 0 Å². The molecule has 0 heterocycles. The molecule has 0 aromatic heterocycles. The van der Waals surface area contributed by atoms with Gasteiger partial charge in [0.05, 0.1) is 5.60 Å². The van der Waals surface area contributed by atoms with Crippen LogP contribution in [0.2, 0.25) is 0 Å². The van der Waals surface area contributed by atoms with Gasteiger partial charge < -0.3 is 4.74 Å². The third-order valence-corrected chi connectivity index (χ3v) is 8.41. The van der Waals surface area contributed by atoms with Crippen LogP contribution in [0, 0.1) is 0 Å². The van der Waals surface area contributed by atoms with E-state index in [-0.39, 0.29) is 21.2 Å². The summed E-state index contributed by atoms with van der Waals surface area (Å²) in [6.45, 7) is 13.1. The summed E-state index contributed by atoms with van der Waals surface area (Å²) in [5, 5.41) is 0. The fraction of sp³-hybridized carbons (Fsp3) is 1.00. The minimum atomic E-state index is -0.0937. The first-order valence-corrected chi connectivity index (χ1v) is 11.2. The largest absolute Gasteiger partial charge is 0.360 e. The van der Waals surface area contributed by atoms with Crippen molar-refractivity contribution < 1.29 is 4.74 Å². The summed E-state index contributed by atoms with van der Waals surface area (Å²) in [4.78, 5) is 0. The van der Waals surface area contributed by atoms with Crippen molar-refractivity contribution in [3.05, 3.63) is 0 Å². The summed E-state index contributed by atoms with van der Waals surface area (Å²) < 4.78 is 8.46. The Bertz CT molecular complexity index is 200. The maximum absolute atomic E-state index is 5.94. The monoisotopic (exact) mass is 317 g/mol. The molecule has 0 aliphatic carbocycles. The van der Waals surface area contributed by atoms with Gasteiger partial charge in [0.1, 0.15) is 5.44 Å². The smallest absolute Gasteiger partial charge is 0.110 e. The molecule has 0 N–H and O–H groups in total. The van der Waals surface area contributed by atoms with Crippen LogP contribution in [0.1, 0.15) is 34.6 Å². The normalized spacial score (nSPS) is 17.3. The highest BCUT2D eigenvalue weighted by atomic mass is 33.1. The number of hydrogen-bond acceptors (Lipinski definition) is 5. The molecule has 2 unspecified atom stereocenters. The summed E-state index contributed by atoms with van der Waals surface area (Å²) in [6.07, 6.45) is 2.33. The Kier molecular flexibility index (Phi) is 9.98. The first kappa shape index (κ1) is 18.3. The van der Waals surface area contributed by atoms with Gasteiger partial charge in [-0.05, 0) is 27.0 Å². The predicted molar refractivity (Wildman–Crippen MR) is 91.5 cm³/mol. The van der Waals surface area contributed by atoms with E-state index in [2.05, 4.69) is 49.9 Å². The lowest BCUT2D eigenvalue weighted by Gasteiger charge is -2.33. The lowest BCUT2D eigenvalue weighted by Crippen LogP contribution is -2.31. The molecular formula is C11H27NOS4. The number of ether oxygens (including phenoxy) is 1. The summed E-state index contributed by atoms with van der Waals surface area (Å²) in [5.74, 6) is 1.03. The molecule has 17 heavy (non-hydrogen) atoms. The van der Waals surface area contributed by atoms with E-state index in [0.29, 0.717) is 0 Å². The maximum atomic E-state index is 5.94. The van der Waals surface area contributed by atoms with E-state index in [1.807, 2.05) is 17.7 Å². The minimum absolute atomic E-state index is 0.0798. The molecule has 0 bridgehead atoms. The highest BCUT2D eigenvalue weighted by Gasteiger charge is 2.23. The van der Waals surface area contributed by atoms with Crippen molar-refractivity contribution in [2.24, 2.45) is 0 Å². The molecule has 0 saturated heterocycles. The van der Waals surface area contributed by atoms with E-state index in [4.69, 9.17) is 4.74 Å². The summed E-state index contributed by atoms with van der Waals surface area (Å²) in [7, 11) is 3.39. The number of thiol groups is 2. The molecule has 0 aromatic carbocycles. The van der Waals surface area contributed by atoms with Gasteiger partial charge in [0.2, 0.25) is 0 Å². The van der Waals surface area contributed by atoms with Gasteiger partial charge in [-0.1, -0.05) is 24.6 Å². The first-order valence-electron chi connectivity index (χ1n) is 5.95. The second-order valence-electron chi connectivity index (χ2n) is 4.43. The average molecular weight is 318 g/mol. The van der Waals surface area contributed by atoms with Crippen LogP contribution in [0.3, 0.4) is 0 Å². The SMILES string of the molecule is CCN(CC)[SH](C)SCC(C)(C)OC(C)SS. The van der Waals surface area contributed by atoms with E-state index in [9.17, 15) is 0 Å². The Morgan fingerprint density at radius 1 is 1.35 bits per heavy atom. The Morgan fingerprint density at radius 3 is 2.29 bits per heavy atom. The van der Waals surface area contributed by atoms with Gasteiger partial charge in [0.15, 0.2) is 0 Å². The van der Waals surface area contributed by atoms with Crippen LogP contribution in [-0.4, -0.2) is 40.4 Å². The fourth-order valence-electron chi connectivity index (χ4n) is 1.46. The van der Waals surface area contributed by atoms with Crippen LogP contribution >= 0.6 is 43.4 Å². The highest BCUT2D eigenvalue weighted by Crippen LogP contribution is 2.42. The van der Waals surface area contributed by atoms with Crippen LogP contribution in [0.25, 0.3) is 0 Å². The summed E-state index contributed by atoms with van der Waals surface area (Å²) >= 11 is 4.18. The first-order chi connectivity index (χ1) is 7.86. The van der Waals surface area contributed by atoms with Crippen LogP contribution in [0.4, 0.5) is 0 Å². The van der Waals surface area contributed by atoms with E-state index in [0.717, 1.165) is 18.8 Å². The Morgan fingerprint density at radius 2 is 1.88 bits per heavy atom. The lowest BCUT2D eigenvalue weighted by molar-refractivity contribution is -0.00699. The molecule has 0 radical (unpaired) electrons. The molecule has 0 aliphatic heterocycles. The molecular weight excluding hydrogens is 290 g/mol. The second kappa shape index (κ2) is 9.26. The highest BCUT2D eigenvalue weighted by molar-refractivity contribution is 8.84. The van der Waals surface area contributed by atoms with Gasteiger partial charge in [-0.25, -0.2) is 0 Å². The van der Waals surface area contributed by atoms with Gasteiger partial charge in [-0.2, -0.15) is 10.1 Å². The third kappa shape index (κ3) is 8.16. The Hall–Kier alpha value is 1.32. The number of rotatable bonds is 9. The molecule has 106 valence electrons. The van der Waals surface area contributed by atoms with Crippen molar-refractivity contribution in [1.29, 1.82) is 0 Å². The summed E-state index contributed by atoms with van der Waals surface area (Å²) in [5.41, 5.74) is 0.0642.